The molecule has 2 N–H and O–H groups in total. The number of aromatic carboxylic acids is 1. The lowest BCUT2D eigenvalue weighted by Crippen LogP contribution is -2.31. The van der Waals surface area contributed by atoms with Crippen LogP contribution in [0.1, 0.15) is 30.0 Å². The van der Waals surface area contributed by atoms with E-state index in [1.165, 1.54) is 12.3 Å². The molecule has 0 fully saturated rings. The first kappa shape index (κ1) is 14.7. The van der Waals surface area contributed by atoms with Crippen molar-refractivity contribution in [3.05, 3.63) is 23.7 Å². The fourth-order valence-corrected chi connectivity index (χ4v) is 1.44. The first-order valence-electron chi connectivity index (χ1n) is 5.92. The van der Waals surface area contributed by atoms with Crippen LogP contribution in [0, 0.1) is 0 Å². The summed E-state index contributed by atoms with van der Waals surface area (Å²) in [6.07, 6.45) is 0.927. The van der Waals surface area contributed by atoms with Crippen molar-refractivity contribution in [2.24, 2.45) is 0 Å². The van der Waals surface area contributed by atoms with Gasteiger partial charge in [0, 0.05) is 19.8 Å². The predicted octanol–water partition coefficient (Wildman–Crippen LogP) is 1.47. The molecule has 0 radical (unpaired) electrons. The first-order valence-corrected chi connectivity index (χ1v) is 5.92. The molecule has 1 heterocycles. The first-order chi connectivity index (χ1) is 8.67. The summed E-state index contributed by atoms with van der Waals surface area (Å²) in [6.45, 7) is 5.91. The summed E-state index contributed by atoms with van der Waals surface area (Å²) in [6, 6.07) is 1.49. The van der Waals surface area contributed by atoms with Crippen LogP contribution in [0.4, 0.5) is 0 Å². The highest BCUT2D eigenvalue weighted by Gasteiger charge is 2.10. The van der Waals surface area contributed by atoms with E-state index in [1.54, 1.807) is 0 Å². The molecule has 0 spiro atoms. The van der Waals surface area contributed by atoms with Crippen molar-refractivity contribution < 1.29 is 23.8 Å². The van der Waals surface area contributed by atoms with Crippen molar-refractivity contribution in [3.8, 4) is 0 Å². The number of carbonyl (C=O) groups is 1. The van der Waals surface area contributed by atoms with Gasteiger partial charge in [0.05, 0.1) is 12.1 Å². The fourth-order valence-electron chi connectivity index (χ4n) is 1.44. The van der Waals surface area contributed by atoms with Gasteiger partial charge in [0.15, 0.2) is 6.29 Å². The number of hydrogen-bond donors (Lipinski definition) is 2. The van der Waals surface area contributed by atoms with Gasteiger partial charge in [0.1, 0.15) is 12.0 Å². The van der Waals surface area contributed by atoms with Gasteiger partial charge in [-0.2, -0.15) is 0 Å². The number of nitrogens with one attached hydrogen (secondary N) is 1. The third-order valence-electron chi connectivity index (χ3n) is 2.22. The van der Waals surface area contributed by atoms with Crippen LogP contribution in [0.25, 0.3) is 0 Å². The maximum Gasteiger partial charge on any atom is 0.338 e. The summed E-state index contributed by atoms with van der Waals surface area (Å²) in [5.41, 5.74) is 0.151. The largest absolute Gasteiger partial charge is 0.478 e. The van der Waals surface area contributed by atoms with Crippen LogP contribution in [0.15, 0.2) is 16.7 Å². The monoisotopic (exact) mass is 257 g/mol. The van der Waals surface area contributed by atoms with Gasteiger partial charge in [-0.15, -0.1) is 0 Å². The summed E-state index contributed by atoms with van der Waals surface area (Å²) < 4.78 is 15.8. The lowest BCUT2D eigenvalue weighted by Gasteiger charge is -2.16. The van der Waals surface area contributed by atoms with Crippen LogP contribution >= 0.6 is 0 Å². The minimum Gasteiger partial charge on any atom is -0.478 e. The Morgan fingerprint density at radius 2 is 2.11 bits per heavy atom. The molecule has 0 aliphatic heterocycles. The van der Waals surface area contributed by atoms with Crippen molar-refractivity contribution in [1.82, 2.24) is 5.32 Å². The topological polar surface area (TPSA) is 80.9 Å². The molecule has 1 aromatic heterocycles. The molecular formula is C12H19NO5. The van der Waals surface area contributed by atoms with Crippen molar-refractivity contribution in [1.29, 1.82) is 0 Å². The Kier molecular flexibility index (Phi) is 6.42. The average molecular weight is 257 g/mol. The Balaban J connectivity index is 2.32. The van der Waals surface area contributed by atoms with Gasteiger partial charge in [-0.3, -0.25) is 0 Å². The van der Waals surface area contributed by atoms with E-state index in [0.717, 1.165) is 0 Å². The van der Waals surface area contributed by atoms with Gasteiger partial charge in [0.25, 0.3) is 0 Å². The zero-order chi connectivity index (χ0) is 13.4. The van der Waals surface area contributed by atoms with E-state index in [0.29, 0.717) is 32.1 Å². The van der Waals surface area contributed by atoms with Crippen LogP contribution in [-0.2, 0) is 16.0 Å². The molecule has 0 aliphatic carbocycles. The molecule has 6 nitrogen and oxygen atoms in total. The number of furan rings is 1. The lowest BCUT2D eigenvalue weighted by molar-refractivity contribution is -0.133. The van der Waals surface area contributed by atoms with E-state index < -0.39 is 5.97 Å². The maximum absolute atomic E-state index is 10.6. The molecule has 1 rings (SSSR count). The van der Waals surface area contributed by atoms with Crippen LogP contribution < -0.4 is 5.32 Å². The Morgan fingerprint density at radius 1 is 1.44 bits per heavy atom. The summed E-state index contributed by atoms with van der Waals surface area (Å²) >= 11 is 0. The molecule has 1 aromatic rings. The normalized spacial score (nSPS) is 11.1. The van der Waals surface area contributed by atoms with Gasteiger partial charge < -0.3 is 24.3 Å². The highest BCUT2D eigenvalue weighted by Crippen LogP contribution is 2.07. The highest BCUT2D eigenvalue weighted by molar-refractivity contribution is 5.87. The molecule has 0 atom stereocenters. The van der Waals surface area contributed by atoms with Gasteiger partial charge in [-0.25, -0.2) is 4.79 Å². The zero-order valence-electron chi connectivity index (χ0n) is 10.6. The van der Waals surface area contributed by atoms with E-state index >= 15 is 0 Å². The molecule has 0 saturated carbocycles. The summed E-state index contributed by atoms with van der Waals surface area (Å²) in [5.74, 6) is -0.425. The van der Waals surface area contributed by atoms with Crippen LogP contribution in [0.2, 0.25) is 0 Å². The third kappa shape index (κ3) is 4.87. The van der Waals surface area contributed by atoms with E-state index in [4.69, 9.17) is 19.0 Å². The number of ether oxygens (including phenoxy) is 2. The number of rotatable bonds is 9. The van der Waals surface area contributed by atoms with Gasteiger partial charge >= 0.3 is 5.97 Å². The second-order valence-corrected chi connectivity index (χ2v) is 3.58. The second kappa shape index (κ2) is 7.86. The fraction of sp³-hybridized carbons (Fsp3) is 0.583. The predicted molar refractivity (Wildman–Crippen MR) is 64.4 cm³/mol. The quantitative estimate of drug-likeness (QED) is 0.652. The maximum atomic E-state index is 10.6. The van der Waals surface area contributed by atoms with Crippen molar-refractivity contribution in [2.45, 2.75) is 26.7 Å². The Labute approximate surface area is 106 Å². The van der Waals surface area contributed by atoms with Crippen LogP contribution in [0.3, 0.4) is 0 Å². The Hall–Kier alpha value is -1.37. The minimum absolute atomic E-state index is 0.151. The van der Waals surface area contributed by atoms with Crippen molar-refractivity contribution >= 4 is 5.97 Å². The molecule has 0 amide bonds. The summed E-state index contributed by atoms with van der Waals surface area (Å²) in [5, 5.41) is 11.8. The van der Waals surface area contributed by atoms with E-state index in [1.807, 2.05) is 13.8 Å². The molecule has 0 saturated heterocycles. The van der Waals surface area contributed by atoms with Crippen molar-refractivity contribution in [2.75, 3.05) is 19.8 Å². The molecular weight excluding hydrogens is 238 g/mol. The van der Waals surface area contributed by atoms with E-state index in [-0.39, 0.29) is 11.9 Å². The number of hydrogen-bond acceptors (Lipinski definition) is 5. The molecule has 102 valence electrons. The third-order valence-corrected chi connectivity index (χ3v) is 2.22. The standard InChI is InChI=1S/C12H19NO5/c1-3-16-11(17-4-2)7-13-6-10-5-9(8-18-10)12(14)15/h5,8,11,13H,3-4,6-7H2,1-2H3,(H,14,15). The van der Waals surface area contributed by atoms with E-state index in [2.05, 4.69) is 5.32 Å². The summed E-state index contributed by atoms with van der Waals surface area (Å²) in [4.78, 5) is 10.6. The molecule has 6 heteroatoms. The van der Waals surface area contributed by atoms with E-state index in [9.17, 15) is 4.79 Å². The van der Waals surface area contributed by atoms with Crippen LogP contribution in [-0.4, -0.2) is 37.1 Å². The molecule has 0 aromatic carbocycles. The highest BCUT2D eigenvalue weighted by atomic mass is 16.7. The molecule has 18 heavy (non-hydrogen) atoms. The smallest absolute Gasteiger partial charge is 0.338 e. The SMILES string of the molecule is CCOC(CNCc1cc(C(=O)O)co1)OCC. The molecule has 0 unspecified atom stereocenters. The molecule has 0 bridgehead atoms. The van der Waals surface area contributed by atoms with Gasteiger partial charge in [-0.1, -0.05) is 0 Å². The molecule has 0 aliphatic rings. The van der Waals surface area contributed by atoms with Gasteiger partial charge in [-0.05, 0) is 19.9 Å². The minimum atomic E-state index is -0.994. The Morgan fingerprint density at radius 3 is 2.61 bits per heavy atom. The summed E-state index contributed by atoms with van der Waals surface area (Å²) in [7, 11) is 0. The van der Waals surface area contributed by atoms with Crippen molar-refractivity contribution in [3.63, 3.8) is 0 Å². The zero-order valence-corrected chi connectivity index (χ0v) is 10.6. The lowest BCUT2D eigenvalue weighted by atomic mass is 10.3. The second-order valence-electron chi connectivity index (χ2n) is 3.58. The Bertz CT molecular complexity index is 357. The number of carboxylic acid groups (broad SMARTS) is 1. The average Bonchev–Trinajstić information content (AvgIpc) is 2.78. The van der Waals surface area contributed by atoms with Gasteiger partial charge in [0.2, 0.25) is 0 Å². The van der Waals surface area contributed by atoms with Crippen LogP contribution in [0.5, 0.6) is 0 Å². The number of carboxylic acids is 1.